The van der Waals surface area contributed by atoms with E-state index in [1.54, 1.807) is 25.3 Å². The molecule has 7 N–H and O–H groups in total. The molecule has 1 amide bonds. The summed E-state index contributed by atoms with van der Waals surface area (Å²) in [5, 5.41) is 2.49. The van der Waals surface area contributed by atoms with Crippen molar-refractivity contribution in [2.45, 2.75) is 6.92 Å². The van der Waals surface area contributed by atoms with Crippen LogP contribution >= 0.6 is 0 Å². The molecule has 2 aromatic rings. The lowest BCUT2D eigenvalue weighted by Crippen LogP contribution is -2.09. The van der Waals surface area contributed by atoms with Crippen molar-refractivity contribution < 1.29 is 9.53 Å². The number of hydrogen-bond acceptors (Lipinski definition) is 6. The number of amides is 1. The predicted molar refractivity (Wildman–Crippen MR) is 84.8 cm³/mol. The number of hydrogen-bond donors (Lipinski definition) is 4. The van der Waals surface area contributed by atoms with Crippen molar-refractivity contribution in [2.24, 2.45) is 0 Å². The average Bonchev–Trinajstić information content (AvgIpc) is 2.44. The van der Waals surface area contributed by atoms with Gasteiger partial charge in [0.1, 0.15) is 17.4 Å². The summed E-state index contributed by atoms with van der Waals surface area (Å²) >= 11 is 0. The Balaban J connectivity index is 0.000000219. The van der Waals surface area contributed by atoms with Crippen LogP contribution in [-0.2, 0) is 4.79 Å². The number of nitrogen functional groups attached to an aromatic ring is 3. The van der Waals surface area contributed by atoms with Crippen LogP contribution < -0.4 is 27.3 Å². The molecule has 7 heteroatoms. The average molecular weight is 289 g/mol. The minimum absolute atomic E-state index is 0.188. The maximum atomic E-state index is 10.6. The standard InChI is InChI=1S/C7H10N4O.C7H9NO/c1-4(12)10-6-3-2-5(8)7(9)11-6;1-9-7-5-3-2-4-6(7)8/h2-3H,8H2,1H3,(H3,9,10,11,12);2-5H,8H2,1H3. The van der Waals surface area contributed by atoms with E-state index in [9.17, 15) is 4.79 Å². The van der Waals surface area contributed by atoms with Crippen molar-refractivity contribution in [3.63, 3.8) is 0 Å². The molecular weight excluding hydrogens is 270 g/mol. The van der Waals surface area contributed by atoms with Crippen molar-refractivity contribution in [2.75, 3.05) is 29.6 Å². The molecule has 0 aliphatic carbocycles. The van der Waals surface area contributed by atoms with Gasteiger partial charge in [0.2, 0.25) is 5.91 Å². The summed E-state index contributed by atoms with van der Waals surface area (Å²) in [6.07, 6.45) is 0. The van der Waals surface area contributed by atoms with Gasteiger partial charge in [0.05, 0.1) is 18.5 Å². The van der Waals surface area contributed by atoms with Crippen molar-refractivity contribution in [1.82, 2.24) is 4.98 Å². The van der Waals surface area contributed by atoms with Crippen molar-refractivity contribution in [3.8, 4) is 5.75 Å². The molecule has 21 heavy (non-hydrogen) atoms. The molecule has 1 aromatic carbocycles. The van der Waals surface area contributed by atoms with Gasteiger partial charge in [-0.1, -0.05) is 12.1 Å². The molecule has 0 saturated carbocycles. The lowest BCUT2D eigenvalue weighted by Gasteiger charge is -2.03. The lowest BCUT2D eigenvalue weighted by molar-refractivity contribution is -0.114. The van der Waals surface area contributed by atoms with E-state index in [0.717, 1.165) is 5.75 Å². The van der Waals surface area contributed by atoms with Gasteiger partial charge in [0.25, 0.3) is 0 Å². The Morgan fingerprint density at radius 1 is 1.10 bits per heavy atom. The highest BCUT2D eigenvalue weighted by Gasteiger charge is 1.99. The van der Waals surface area contributed by atoms with E-state index in [2.05, 4.69) is 10.3 Å². The minimum Gasteiger partial charge on any atom is -0.495 e. The molecule has 1 aromatic heterocycles. The van der Waals surface area contributed by atoms with Gasteiger partial charge in [0, 0.05) is 6.92 Å². The van der Waals surface area contributed by atoms with Gasteiger partial charge in [-0.3, -0.25) is 4.79 Å². The molecule has 0 unspecified atom stereocenters. The van der Waals surface area contributed by atoms with Gasteiger partial charge in [-0.25, -0.2) is 4.98 Å². The summed E-state index contributed by atoms with van der Waals surface area (Å²) in [7, 11) is 1.60. The Bertz CT molecular complexity index is 616. The van der Waals surface area contributed by atoms with Crippen LogP contribution in [0.5, 0.6) is 5.75 Å². The van der Waals surface area contributed by atoms with Gasteiger partial charge in [0.15, 0.2) is 0 Å². The van der Waals surface area contributed by atoms with E-state index in [1.165, 1.54) is 6.92 Å². The van der Waals surface area contributed by atoms with Gasteiger partial charge < -0.3 is 27.3 Å². The number of pyridine rings is 1. The van der Waals surface area contributed by atoms with Gasteiger partial charge in [-0.2, -0.15) is 0 Å². The molecule has 0 aliphatic rings. The minimum atomic E-state index is -0.188. The fourth-order valence-electron chi connectivity index (χ4n) is 1.40. The maximum Gasteiger partial charge on any atom is 0.222 e. The molecule has 2 rings (SSSR count). The first-order valence-electron chi connectivity index (χ1n) is 6.12. The van der Waals surface area contributed by atoms with E-state index >= 15 is 0 Å². The third-order valence-electron chi connectivity index (χ3n) is 2.40. The molecule has 0 bridgehead atoms. The Morgan fingerprint density at radius 2 is 1.76 bits per heavy atom. The highest BCUT2D eigenvalue weighted by Crippen LogP contribution is 2.18. The van der Waals surface area contributed by atoms with Crippen molar-refractivity contribution >= 4 is 28.9 Å². The second kappa shape index (κ2) is 7.59. The summed E-state index contributed by atoms with van der Waals surface area (Å²) in [6.45, 7) is 1.40. The first-order valence-corrected chi connectivity index (χ1v) is 6.12. The van der Waals surface area contributed by atoms with Crippen LogP contribution in [0.15, 0.2) is 36.4 Å². The van der Waals surface area contributed by atoms with Crippen LogP contribution in [0, 0.1) is 0 Å². The van der Waals surface area contributed by atoms with Gasteiger partial charge in [-0.05, 0) is 24.3 Å². The lowest BCUT2D eigenvalue weighted by atomic mass is 10.3. The highest BCUT2D eigenvalue weighted by molar-refractivity contribution is 5.88. The molecule has 0 aliphatic heterocycles. The topological polar surface area (TPSA) is 129 Å². The quantitative estimate of drug-likeness (QED) is 0.620. The normalized spacial score (nSPS) is 9.24. The zero-order valence-corrected chi connectivity index (χ0v) is 12.0. The predicted octanol–water partition coefficient (Wildman–Crippen LogP) is 1.48. The number of nitrogens with two attached hydrogens (primary N) is 3. The fourth-order valence-corrected chi connectivity index (χ4v) is 1.40. The number of anilines is 4. The van der Waals surface area contributed by atoms with E-state index in [0.29, 0.717) is 17.2 Å². The molecule has 7 nitrogen and oxygen atoms in total. The number of ether oxygens (including phenoxy) is 1. The summed E-state index contributed by atoms with van der Waals surface area (Å²) in [5.41, 5.74) is 17.4. The number of methoxy groups -OCH3 is 1. The molecule has 0 fully saturated rings. The first kappa shape index (κ1) is 16.1. The summed E-state index contributed by atoms with van der Waals surface area (Å²) < 4.78 is 4.92. The fraction of sp³-hybridized carbons (Fsp3) is 0.143. The summed E-state index contributed by atoms with van der Waals surface area (Å²) in [5.74, 6) is 1.18. The molecule has 0 radical (unpaired) electrons. The number of nitrogens with one attached hydrogen (secondary N) is 1. The number of para-hydroxylation sites is 2. The number of rotatable bonds is 2. The monoisotopic (exact) mass is 289 g/mol. The largest absolute Gasteiger partial charge is 0.495 e. The van der Waals surface area contributed by atoms with Crippen LogP contribution in [0.25, 0.3) is 0 Å². The van der Waals surface area contributed by atoms with Crippen molar-refractivity contribution in [3.05, 3.63) is 36.4 Å². The Labute approximate surface area is 123 Å². The Hall–Kier alpha value is -2.96. The van der Waals surface area contributed by atoms with Gasteiger partial charge >= 0.3 is 0 Å². The number of carbonyl (C=O) groups is 1. The zero-order valence-electron chi connectivity index (χ0n) is 12.0. The molecule has 0 spiro atoms. The van der Waals surface area contributed by atoms with Crippen LogP contribution in [0.1, 0.15) is 6.92 Å². The van der Waals surface area contributed by atoms with E-state index in [1.807, 2.05) is 18.2 Å². The Kier molecular flexibility index (Phi) is 5.81. The SMILES string of the molecule is CC(=O)Nc1ccc(N)c(N)n1.COc1ccccc1N. The second-order valence-corrected chi connectivity index (χ2v) is 4.09. The molecule has 1 heterocycles. The van der Waals surface area contributed by atoms with E-state index in [-0.39, 0.29) is 11.7 Å². The summed E-state index contributed by atoms with van der Waals surface area (Å²) in [6, 6.07) is 10.6. The third-order valence-corrected chi connectivity index (χ3v) is 2.40. The second-order valence-electron chi connectivity index (χ2n) is 4.09. The number of nitrogens with zero attached hydrogens (tertiary/aromatic N) is 1. The van der Waals surface area contributed by atoms with Crippen molar-refractivity contribution in [1.29, 1.82) is 0 Å². The molecular formula is C14H19N5O2. The van der Waals surface area contributed by atoms with Crippen LogP contribution in [0.3, 0.4) is 0 Å². The van der Waals surface area contributed by atoms with Gasteiger partial charge in [-0.15, -0.1) is 0 Å². The molecule has 0 atom stereocenters. The highest BCUT2D eigenvalue weighted by atomic mass is 16.5. The third kappa shape index (κ3) is 5.27. The molecule has 0 saturated heterocycles. The van der Waals surface area contributed by atoms with Crippen LogP contribution in [-0.4, -0.2) is 18.0 Å². The number of benzene rings is 1. The molecule has 112 valence electrons. The summed E-state index contributed by atoms with van der Waals surface area (Å²) in [4.78, 5) is 14.4. The van der Waals surface area contributed by atoms with E-state index in [4.69, 9.17) is 21.9 Å². The number of carbonyl (C=O) groups excluding carboxylic acids is 1. The first-order chi connectivity index (χ1) is 9.93. The van der Waals surface area contributed by atoms with Crippen LogP contribution in [0.2, 0.25) is 0 Å². The maximum absolute atomic E-state index is 10.6. The smallest absolute Gasteiger partial charge is 0.222 e. The van der Waals surface area contributed by atoms with Crippen LogP contribution in [0.4, 0.5) is 23.0 Å². The zero-order chi connectivity index (χ0) is 15.8. The van der Waals surface area contributed by atoms with E-state index < -0.39 is 0 Å². The number of aromatic nitrogens is 1. The Morgan fingerprint density at radius 3 is 2.24 bits per heavy atom.